The SMILES string of the molecule is COc1cccn2nc(C3c4nc[nH]c4CCN3C(=O)c3nnc(-c4cnn(C(F)F)c4)o3)cc12. The van der Waals surface area contributed by atoms with E-state index in [9.17, 15) is 13.6 Å². The van der Waals surface area contributed by atoms with E-state index in [2.05, 4.69) is 30.4 Å². The molecule has 1 amide bonds. The highest BCUT2D eigenvalue weighted by Gasteiger charge is 2.38. The molecule has 0 aliphatic carbocycles. The second kappa shape index (κ2) is 8.00. The lowest BCUT2D eigenvalue weighted by atomic mass is 9.99. The van der Waals surface area contributed by atoms with Crippen molar-refractivity contribution in [2.75, 3.05) is 13.7 Å². The smallest absolute Gasteiger partial charge is 0.333 e. The molecule has 0 spiro atoms. The molecule has 0 radical (unpaired) electrons. The Hall–Kier alpha value is -4.62. The molecule has 1 aliphatic rings. The first-order valence-corrected chi connectivity index (χ1v) is 10.5. The van der Waals surface area contributed by atoms with Crippen LogP contribution in [0.1, 0.15) is 40.4 Å². The largest absolute Gasteiger partial charge is 0.494 e. The highest BCUT2D eigenvalue weighted by atomic mass is 19.3. The molecule has 1 aliphatic heterocycles. The quantitative estimate of drug-likeness (QED) is 0.405. The van der Waals surface area contributed by atoms with E-state index in [-0.39, 0.29) is 17.3 Å². The van der Waals surface area contributed by atoms with Crippen molar-refractivity contribution < 1.29 is 22.7 Å². The average molecular weight is 481 g/mol. The average Bonchev–Trinajstić information content (AvgIpc) is 3.67. The van der Waals surface area contributed by atoms with Crippen molar-refractivity contribution in [1.82, 2.24) is 44.5 Å². The molecule has 0 fully saturated rings. The summed E-state index contributed by atoms with van der Waals surface area (Å²) in [6.45, 7) is -2.47. The van der Waals surface area contributed by atoms with Crippen molar-refractivity contribution in [2.45, 2.75) is 19.0 Å². The summed E-state index contributed by atoms with van der Waals surface area (Å²) in [4.78, 5) is 22.6. The molecular weight excluding hydrogens is 464 g/mol. The van der Waals surface area contributed by atoms with Gasteiger partial charge in [-0.1, -0.05) is 0 Å². The van der Waals surface area contributed by atoms with E-state index in [4.69, 9.17) is 9.15 Å². The van der Waals surface area contributed by atoms with Gasteiger partial charge >= 0.3 is 18.3 Å². The second-order valence-corrected chi connectivity index (χ2v) is 7.79. The number of aromatic nitrogens is 8. The number of hydrogen-bond acceptors (Lipinski definition) is 8. The van der Waals surface area contributed by atoms with Gasteiger partial charge in [0.15, 0.2) is 0 Å². The molecule has 35 heavy (non-hydrogen) atoms. The first-order chi connectivity index (χ1) is 17.0. The van der Waals surface area contributed by atoms with Gasteiger partial charge in [-0.25, -0.2) is 14.2 Å². The summed E-state index contributed by atoms with van der Waals surface area (Å²) in [7, 11) is 1.57. The van der Waals surface area contributed by atoms with Crippen LogP contribution < -0.4 is 4.74 Å². The summed E-state index contributed by atoms with van der Waals surface area (Å²) in [6.07, 6.45) is 6.13. The topological polar surface area (TPSA) is 132 Å². The molecular formula is C21H17F2N9O3. The zero-order valence-corrected chi connectivity index (χ0v) is 18.2. The summed E-state index contributed by atoms with van der Waals surface area (Å²) < 4.78 is 38.8. The number of fused-ring (bicyclic) bond motifs is 2. The van der Waals surface area contributed by atoms with E-state index in [1.807, 2.05) is 18.2 Å². The molecule has 0 aromatic carbocycles. The number of alkyl halides is 2. The predicted molar refractivity (Wildman–Crippen MR) is 114 cm³/mol. The van der Waals surface area contributed by atoms with E-state index >= 15 is 0 Å². The minimum Gasteiger partial charge on any atom is -0.494 e. The molecule has 178 valence electrons. The van der Waals surface area contributed by atoms with Crippen LogP contribution in [0, 0.1) is 0 Å². The fourth-order valence-electron chi connectivity index (χ4n) is 4.21. The maximum absolute atomic E-state index is 13.5. The van der Waals surface area contributed by atoms with Gasteiger partial charge in [0.05, 0.1) is 36.6 Å². The maximum Gasteiger partial charge on any atom is 0.333 e. The number of H-pyrrole nitrogens is 1. The minimum atomic E-state index is -2.81. The van der Waals surface area contributed by atoms with Crippen molar-refractivity contribution >= 4 is 11.4 Å². The number of imidazole rings is 1. The molecule has 1 unspecified atom stereocenters. The van der Waals surface area contributed by atoms with Crippen LogP contribution in [0.15, 0.2) is 47.5 Å². The Bertz CT molecular complexity index is 1540. The van der Waals surface area contributed by atoms with Crippen molar-refractivity contribution in [3.63, 3.8) is 0 Å². The number of rotatable bonds is 5. The minimum absolute atomic E-state index is 0.0910. The van der Waals surface area contributed by atoms with Crippen LogP contribution in [-0.2, 0) is 6.42 Å². The highest BCUT2D eigenvalue weighted by Crippen LogP contribution is 2.35. The number of hydrogen-bond donors (Lipinski definition) is 1. The number of nitrogens with one attached hydrogen (secondary N) is 1. The Balaban J connectivity index is 1.38. The van der Waals surface area contributed by atoms with Gasteiger partial charge in [-0.2, -0.15) is 19.0 Å². The molecule has 1 N–H and O–H groups in total. The van der Waals surface area contributed by atoms with Gasteiger partial charge in [0.25, 0.3) is 5.89 Å². The van der Waals surface area contributed by atoms with Crippen molar-refractivity contribution in [3.8, 4) is 17.2 Å². The van der Waals surface area contributed by atoms with Crippen LogP contribution in [0.4, 0.5) is 8.78 Å². The lowest BCUT2D eigenvalue weighted by molar-refractivity contribution is 0.0566. The normalized spacial score (nSPS) is 15.7. The van der Waals surface area contributed by atoms with Gasteiger partial charge in [-0.3, -0.25) is 4.79 Å². The molecule has 1 atom stereocenters. The molecule has 6 rings (SSSR count). The summed E-state index contributed by atoms with van der Waals surface area (Å²) in [5.74, 6) is -0.275. The fourth-order valence-corrected chi connectivity index (χ4v) is 4.21. The molecule has 5 aromatic heterocycles. The van der Waals surface area contributed by atoms with Gasteiger partial charge in [0.2, 0.25) is 0 Å². The van der Waals surface area contributed by atoms with Gasteiger partial charge in [-0.15, -0.1) is 10.2 Å². The third-order valence-corrected chi connectivity index (χ3v) is 5.82. The van der Waals surface area contributed by atoms with Crippen LogP contribution >= 0.6 is 0 Å². The first kappa shape index (κ1) is 20.9. The second-order valence-electron chi connectivity index (χ2n) is 7.79. The number of carbonyl (C=O) groups excluding carboxylic acids is 1. The van der Waals surface area contributed by atoms with E-state index in [0.29, 0.717) is 34.8 Å². The van der Waals surface area contributed by atoms with Gasteiger partial charge in [0, 0.05) is 31.1 Å². The molecule has 12 nitrogen and oxygen atoms in total. The monoisotopic (exact) mass is 481 g/mol. The standard InChI is InChI=1S/C21H17F2N9O3/c1-34-15-3-2-5-31-14(15)7-13(29-31)17-16-12(24-10-25-16)4-6-30(17)20(33)19-28-27-18(35-19)11-8-26-32(9-11)21(22)23/h2-3,5,7-10,17,21H,4,6H2,1H3,(H,24,25). The fraction of sp³-hybridized carbons (Fsp3) is 0.238. The number of pyridine rings is 1. The lowest BCUT2D eigenvalue weighted by Crippen LogP contribution is -2.41. The number of carbonyl (C=O) groups is 1. The molecule has 0 saturated carbocycles. The zero-order valence-electron chi connectivity index (χ0n) is 18.2. The number of halogens is 2. The summed E-state index contributed by atoms with van der Waals surface area (Å²) >= 11 is 0. The van der Waals surface area contributed by atoms with Crippen molar-refractivity contribution in [1.29, 1.82) is 0 Å². The zero-order chi connectivity index (χ0) is 24.1. The van der Waals surface area contributed by atoms with Crippen LogP contribution in [-0.4, -0.2) is 64.0 Å². The molecule has 5 aromatic rings. The number of aromatic amines is 1. The van der Waals surface area contributed by atoms with Crippen LogP contribution in [0.25, 0.3) is 17.0 Å². The number of methoxy groups -OCH3 is 1. The molecule has 6 heterocycles. The Kier molecular flexibility index (Phi) is 4.79. The van der Waals surface area contributed by atoms with E-state index in [1.54, 1.807) is 29.0 Å². The molecule has 0 saturated heterocycles. The van der Waals surface area contributed by atoms with Crippen molar-refractivity contribution in [2.24, 2.45) is 0 Å². The Morgan fingerprint density at radius 2 is 2.23 bits per heavy atom. The predicted octanol–water partition coefficient (Wildman–Crippen LogP) is 2.50. The third-order valence-electron chi connectivity index (χ3n) is 5.82. The number of nitrogens with zero attached hydrogens (tertiary/aromatic N) is 8. The lowest BCUT2D eigenvalue weighted by Gasteiger charge is -2.32. The summed E-state index contributed by atoms with van der Waals surface area (Å²) in [6, 6.07) is 4.84. The van der Waals surface area contributed by atoms with E-state index < -0.39 is 18.5 Å². The number of ether oxygens (including phenoxy) is 1. The first-order valence-electron chi connectivity index (χ1n) is 10.5. The summed E-state index contributed by atoms with van der Waals surface area (Å²) in [5, 5.41) is 15.9. The Morgan fingerprint density at radius 1 is 1.34 bits per heavy atom. The Labute approximate surface area is 195 Å². The van der Waals surface area contributed by atoms with Crippen LogP contribution in [0.2, 0.25) is 0 Å². The summed E-state index contributed by atoms with van der Waals surface area (Å²) in [5.41, 5.74) is 3.04. The van der Waals surface area contributed by atoms with E-state index in [1.165, 1.54) is 0 Å². The van der Waals surface area contributed by atoms with Gasteiger partial charge < -0.3 is 19.0 Å². The van der Waals surface area contributed by atoms with Crippen LogP contribution in [0.5, 0.6) is 5.75 Å². The van der Waals surface area contributed by atoms with Crippen molar-refractivity contribution in [3.05, 3.63) is 66.1 Å². The molecule has 0 bridgehead atoms. The van der Waals surface area contributed by atoms with Gasteiger partial charge in [0.1, 0.15) is 17.3 Å². The van der Waals surface area contributed by atoms with Crippen LogP contribution in [0.3, 0.4) is 0 Å². The Morgan fingerprint density at radius 3 is 3.03 bits per heavy atom. The maximum atomic E-state index is 13.5. The number of amides is 1. The highest BCUT2D eigenvalue weighted by molar-refractivity contribution is 5.90. The third kappa shape index (κ3) is 3.41. The van der Waals surface area contributed by atoms with Gasteiger partial charge in [-0.05, 0) is 18.2 Å². The van der Waals surface area contributed by atoms with E-state index in [0.717, 1.165) is 23.6 Å². The molecule has 14 heteroatoms.